The molecule has 29 heavy (non-hydrogen) atoms. The van der Waals surface area contributed by atoms with Gasteiger partial charge in [-0.15, -0.1) is 0 Å². The molecule has 0 aliphatic heterocycles. The molecule has 2 aromatic carbocycles. The molecule has 0 heterocycles. The summed E-state index contributed by atoms with van der Waals surface area (Å²) in [5, 5.41) is 9.55. The summed E-state index contributed by atoms with van der Waals surface area (Å²) in [6, 6.07) is 18.1. The van der Waals surface area contributed by atoms with E-state index in [1.165, 1.54) is 26.0 Å². The Bertz CT molecular complexity index is 839. The Morgan fingerprint density at radius 2 is 1.41 bits per heavy atom. The molecule has 2 rings (SSSR count). The van der Waals surface area contributed by atoms with Gasteiger partial charge in [0.25, 0.3) is 0 Å². The van der Waals surface area contributed by atoms with E-state index in [-0.39, 0.29) is 13.0 Å². The largest absolute Gasteiger partial charge is 0.481 e. The number of hydrogen-bond donors (Lipinski definition) is 1. The molecule has 1 unspecified atom stereocenters. The molecule has 0 fully saturated rings. The van der Waals surface area contributed by atoms with Crippen LogP contribution in [-0.2, 0) is 27.4 Å². The Hall–Kier alpha value is -3.35. The van der Waals surface area contributed by atoms with Gasteiger partial charge in [0.2, 0.25) is 5.91 Å². The van der Waals surface area contributed by atoms with E-state index in [9.17, 15) is 19.5 Å². The van der Waals surface area contributed by atoms with E-state index >= 15 is 0 Å². The van der Waals surface area contributed by atoms with Crippen LogP contribution in [0.5, 0.6) is 0 Å². The fourth-order valence-electron chi connectivity index (χ4n) is 3.19. The number of ether oxygens (including phenoxy) is 1. The zero-order valence-corrected chi connectivity index (χ0v) is 16.9. The molecule has 0 aliphatic rings. The van der Waals surface area contributed by atoms with E-state index in [0.29, 0.717) is 0 Å². The first-order chi connectivity index (χ1) is 13.8. The predicted octanol–water partition coefficient (Wildman–Crippen LogP) is 2.80. The molecule has 0 bridgehead atoms. The van der Waals surface area contributed by atoms with Crippen LogP contribution < -0.4 is 0 Å². The summed E-state index contributed by atoms with van der Waals surface area (Å²) in [5.74, 6) is -1.67. The second-order valence-electron chi connectivity index (χ2n) is 7.06. The van der Waals surface area contributed by atoms with Gasteiger partial charge in [0.05, 0.1) is 6.42 Å². The highest BCUT2D eigenvalue weighted by Gasteiger charge is 2.48. The summed E-state index contributed by atoms with van der Waals surface area (Å²) in [6.45, 7) is 0.0225. The number of amides is 2. The van der Waals surface area contributed by atoms with E-state index in [1.807, 2.05) is 36.4 Å². The highest BCUT2D eigenvalue weighted by molar-refractivity contribution is 5.93. The van der Waals surface area contributed by atoms with Gasteiger partial charge in [-0.1, -0.05) is 60.7 Å². The Morgan fingerprint density at radius 1 is 0.897 bits per heavy atom. The normalized spacial score (nSPS) is 12.5. The number of benzene rings is 2. The van der Waals surface area contributed by atoms with Crippen LogP contribution in [0.1, 0.15) is 17.5 Å². The number of carboxylic acid groups (broad SMARTS) is 1. The maximum atomic E-state index is 13.1. The van der Waals surface area contributed by atoms with Crippen molar-refractivity contribution in [3.63, 3.8) is 0 Å². The molecule has 2 amide bonds. The van der Waals surface area contributed by atoms with Crippen molar-refractivity contribution in [1.82, 2.24) is 9.80 Å². The fourth-order valence-corrected chi connectivity index (χ4v) is 3.19. The van der Waals surface area contributed by atoms with Gasteiger partial charge in [0, 0.05) is 27.6 Å². The molecule has 1 N–H and O–H groups in total. The van der Waals surface area contributed by atoms with Crippen molar-refractivity contribution < 1.29 is 24.2 Å². The molecule has 7 heteroatoms. The number of hydrogen-bond acceptors (Lipinski definition) is 4. The van der Waals surface area contributed by atoms with Crippen LogP contribution >= 0.6 is 0 Å². The maximum Gasteiger partial charge on any atom is 0.410 e. The lowest BCUT2D eigenvalue weighted by atomic mass is 9.84. The SMILES string of the molecule is CN(C)C(=O)C(CC(=O)O)(Cc1ccccc1)N(C)C(=O)OCc1ccccc1. The summed E-state index contributed by atoms with van der Waals surface area (Å²) in [7, 11) is 4.47. The molecule has 0 aliphatic carbocycles. The van der Waals surface area contributed by atoms with Crippen LogP contribution in [0, 0.1) is 0 Å². The number of carbonyl (C=O) groups is 3. The highest BCUT2D eigenvalue weighted by atomic mass is 16.6. The molecule has 0 aromatic heterocycles. The first kappa shape index (κ1) is 21.9. The molecule has 0 spiro atoms. The fraction of sp³-hybridized carbons (Fsp3) is 0.318. The number of carbonyl (C=O) groups excluding carboxylic acids is 2. The molecular formula is C22H26N2O5. The average Bonchev–Trinajstić information content (AvgIpc) is 2.71. The summed E-state index contributed by atoms with van der Waals surface area (Å²) in [4.78, 5) is 40.0. The topological polar surface area (TPSA) is 87.2 Å². The van der Waals surface area contributed by atoms with Gasteiger partial charge in [0.15, 0.2) is 0 Å². The third-order valence-electron chi connectivity index (χ3n) is 4.71. The average molecular weight is 398 g/mol. The number of likely N-dealkylation sites (N-methyl/N-ethyl adjacent to an activating group) is 2. The number of rotatable bonds is 8. The number of aliphatic carboxylic acids is 1. The third-order valence-corrected chi connectivity index (χ3v) is 4.71. The van der Waals surface area contributed by atoms with Crippen LogP contribution in [0.2, 0.25) is 0 Å². The van der Waals surface area contributed by atoms with Crippen molar-refractivity contribution in [2.24, 2.45) is 0 Å². The molecular weight excluding hydrogens is 372 g/mol. The van der Waals surface area contributed by atoms with Crippen molar-refractivity contribution in [2.75, 3.05) is 21.1 Å². The molecule has 0 radical (unpaired) electrons. The molecule has 154 valence electrons. The van der Waals surface area contributed by atoms with E-state index < -0.39 is 29.9 Å². The Kier molecular flexibility index (Phi) is 7.36. The van der Waals surface area contributed by atoms with Crippen LogP contribution in [-0.4, -0.2) is 59.6 Å². The maximum absolute atomic E-state index is 13.1. The van der Waals surface area contributed by atoms with Crippen LogP contribution in [0.15, 0.2) is 60.7 Å². The first-order valence-electron chi connectivity index (χ1n) is 9.18. The minimum absolute atomic E-state index is 0.0225. The van der Waals surface area contributed by atoms with E-state index in [4.69, 9.17) is 4.74 Å². The molecule has 7 nitrogen and oxygen atoms in total. The molecule has 0 saturated carbocycles. The van der Waals surface area contributed by atoms with E-state index in [0.717, 1.165) is 16.0 Å². The van der Waals surface area contributed by atoms with Gasteiger partial charge in [-0.05, 0) is 11.1 Å². The lowest BCUT2D eigenvalue weighted by Gasteiger charge is -2.40. The highest BCUT2D eigenvalue weighted by Crippen LogP contribution is 2.28. The van der Waals surface area contributed by atoms with Crippen molar-refractivity contribution in [2.45, 2.75) is 25.0 Å². The van der Waals surface area contributed by atoms with E-state index in [1.54, 1.807) is 24.3 Å². The predicted molar refractivity (Wildman–Crippen MR) is 108 cm³/mol. The molecule has 0 saturated heterocycles. The van der Waals surface area contributed by atoms with Crippen LogP contribution in [0.3, 0.4) is 0 Å². The zero-order chi connectivity index (χ0) is 21.4. The Labute approximate surface area is 170 Å². The van der Waals surface area contributed by atoms with Gasteiger partial charge < -0.3 is 14.7 Å². The van der Waals surface area contributed by atoms with Gasteiger partial charge in [-0.2, -0.15) is 0 Å². The van der Waals surface area contributed by atoms with Crippen LogP contribution in [0.4, 0.5) is 4.79 Å². The quantitative estimate of drug-likeness (QED) is 0.739. The van der Waals surface area contributed by atoms with E-state index in [2.05, 4.69) is 0 Å². The van der Waals surface area contributed by atoms with Gasteiger partial charge in [0.1, 0.15) is 12.1 Å². The second-order valence-corrected chi connectivity index (χ2v) is 7.06. The lowest BCUT2D eigenvalue weighted by molar-refractivity contribution is -0.150. The van der Waals surface area contributed by atoms with Gasteiger partial charge in [-0.25, -0.2) is 4.79 Å². The third kappa shape index (κ3) is 5.57. The van der Waals surface area contributed by atoms with Gasteiger partial charge in [-0.3, -0.25) is 14.5 Å². The summed E-state index contributed by atoms with van der Waals surface area (Å²) in [5.41, 5.74) is -0.0866. The second kappa shape index (κ2) is 9.73. The monoisotopic (exact) mass is 398 g/mol. The number of nitrogens with zero attached hydrogens (tertiary/aromatic N) is 2. The van der Waals surface area contributed by atoms with Crippen molar-refractivity contribution in [1.29, 1.82) is 0 Å². The Balaban J connectivity index is 2.35. The van der Waals surface area contributed by atoms with Crippen molar-refractivity contribution >= 4 is 18.0 Å². The summed E-state index contributed by atoms with van der Waals surface area (Å²) < 4.78 is 5.37. The summed E-state index contributed by atoms with van der Waals surface area (Å²) in [6.07, 6.45) is -1.26. The minimum atomic E-state index is -1.62. The first-order valence-corrected chi connectivity index (χ1v) is 9.18. The standard InChI is InChI=1S/C22H26N2O5/c1-23(2)20(27)22(15-19(25)26,14-17-10-6-4-7-11-17)24(3)21(28)29-16-18-12-8-5-9-13-18/h4-13H,14-16H2,1-3H3,(H,25,26). The Morgan fingerprint density at radius 3 is 1.90 bits per heavy atom. The van der Waals surface area contributed by atoms with Gasteiger partial charge >= 0.3 is 12.1 Å². The van der Waals surface area contributed by atoms with Crippen molar-refractivity contribution in [3.8, 4) is 0 Å². The lowest BCUT2D eigenvalue weighted by Crippen LogP contribution is -2.61. The van der Waals surface area contributed by atoms with Crippen LogP contribution in [0.25, 0.3) is 0 Å². The minimum Gasteiger partial charge on any atom is -0.481 e. The zero-order valence-electron chi connectivity index (χ0n) is 16.9. The van der Waals surface area contributed by atoms with Crippen molar-refractivity contribution in [3.05, 3.63) is 71.8 Å². The molecule has 2 aromatic rings. The summed E-state index contributed by atoms with van der Waals surface area (Å²) >= 11 is 0. The molecule has 1 atom stereocenters. The number of carboxylic acids is 1. The smallest absolute Gasteiger partial charge is 0.410 e.